The first kappa shape index (κ1) is 67.5. The fraction of sp³-hybridized carbons (Fsp3) is 1.00. The third-order valence-electron chi connectivity index (χ3n) is 10.5. The Labute approximate surface area is 414 Å². The van der Waals surface area contributed by atoms with Gasteiger partial charge in [0, 0.05) is 119 Å². The van der Waals surface area contributed by atoms with Crippen LogP contribution in [-0.4, -0.2) is 185 Å². The maximum atomic E-state index is 6.98. The lowest BCUT2D eigenvalue weighted by atomic mass is 10.4. The zero-order valence-electron chi connectivity index (χ0n) is 45.4. The summed E-state index contributed by atoms with van der Waals surface area (Å²) in [6.07, 6.45) is 0.400. The highest BCUT2D eigenvalue weighted by Crippen LogP contribution is 2.61. The summed E-state index contributed by atoms with van der Waals surface area (Å²) in [5.41, 5.74) is 0. The van der Waals surface area contributed by atoms with Crippen LogP contribution in [0.2, 0.25) is 8.57 Å². The molecule has 0 rings (SSSR count). The quantitative estimate of drug-likeness (QED) is 0.0474. The molecular weight excluding hydrogens is 975 g/mol. The summed E-state index contributed by atoms with van der Waals surface area (Å²) in [6, 6.07) is 0. The van der Waals surface area contributed by atoms with Crippen molar-refractivity contribution in [2.45, 2.75) is 146 Å². The molecule has 0 unspecified atom stereocenters. The molecule has 0 spiro atoms. The summed E-state index contributed by atoms with van der Waals surface area (Å²) in [7, 11) is -25.1. The Morgan fingerprint density at radius 1 is 0.209 bits per heavy atom. The molecule has 0 atom stereocenters. The number of hydrogen-bond acceptors (Lipinski definition) is 19. The molecule has 0 aromatic rings. The van der Waals surface area contributed by atoms with E-state index < -0.39 is 61.4 Å². The van der Waals surface area contributed by atoms with Crippen LogP contribution in [0.4, 0.5) is 0 Å². The maximum Gasteiger partial charge on any atom is 0.516 e. The van der Waals surface area contributed by atoms with Crippen molar-refractivity contribution in [2.24, 2.45) is 0 Å². The van der Waals surface area contributed by atoms with Crippen molar-refractivity contribution < 1.29 is 79.7 Å². The van der Waals surface area contributed by atoms with E-state index in [2.05, 4.69) is 5.32 Å². The number of nitrogens with one attached hydrogen (secondary N) is 1. The Morgan fingerprint density at radius 3 is 0.403 bits per heavy atom. The van der Waals surface area contributed by atoms with Gasteiger partial charge in [0.2, 0.25) is 0 Å². The van der Waals surface area contributed by atoms with Gasteiger partial charge in [0.05, 0.1) is 0 Å². The van der Waals surface area contributed by atoms with Crippen LogP contribution in [0.15, 0.2) is 0 Å². The van der Waals surface area contributed by atoms with Crippen molar-refractivity contribution in [1.82, 2.24) is 5.32 Å². The predicted molar refractivity (Wildman–Crippen MR) is 271 cm³/mol. The van der Waals surface area contributed by atoms with Crippen LogP contribution in [0.3, 0.4) is 0 Å². The molecule has 404 valence electrons. The van der Waals surface area contributed by atoms with E-state index in [-0.39, 0.29) is 145 Å². The molecule has 0 amide bonds. The highest BCUT2D eigenvalue weighted by Gasteiger charge is 2.91. The fourth-order valence-corrected chi connectivity index (χ4v) is 41.3. The first-order chi connectivity index (χ1) is 32.3. The summed E-state index contributed by atoms with van der Waals surface area (Å²) >= 11 is 0. The van der Waals surface area contributed by atoms with Crippen molar-refractivity contribution in [3.63, 3.8) is 0 Å². The molecule has 0 aromatic heterocycles. The van der Waals surface area contributed by atoms with Crippen molar-refractivity contribution in [3.05, 3.63) is 0 Å². The smallest absolute Gasteiger partial charge is 0.373 e. The topological polar surface area (TPSA) is 178 Å². The van der Waals surface area contributed by atoms with Crippen molar-refractivity contribution >= 4 is 52.8 Å². The molecule has 1 N–H and O–H groups in total. The third-order valence-corrected chi connectivity index (χ3v) is 41.3. The second kappa shape index (κ2) is 35.7. The minimum atomic E-state index is -4.18. The molecule has 0 aliphatic carbocycles. The van der Waals surface area contributed by atoms with E-state index in [0.717, 1.165) is 0 Å². The molecule has 25 heteroatoms. The second-order valence-electron chi connectivity index (χ2n) is 14.2. The molecule has 0 radical (unpaired) electrons. The SMILES string of the molecule is CCO[Si](OCC)(OCC)C(CCNCCC([Si](OCC)(OCC)OCC)([Si](OCC)(OCC)OCC)[Si](OCC)(OCC)OCC)([Si](OCC)(OCC)OCC)[Si](OCC)(OCC)OCC. The van der Waals surface area contributed by atoms with Gasteiger partial charge >= 0.3 is 52.8 Å². The lowest BCUT2D eigenvalue weighted by Crippen LogP contribution is -2.82. The normalized spacial score (nSPS) is 13.9. The van der Waals surface area contributed by atoms with Gasteiger partial charge in [-0.3, -0.25) is 0 Å². The van der Waals surface area contributed by atoms with Crippen LogP contribution in [-0.2, 0) is 79.7 Å². The summed E-state index contributed by atoms with van der Waals surface area (Å²) in [5.74, 6) is 0. The Hall–Kier alpha value is 0.541. The molecule has 0 saturated heterocycles. The highest BCUT2D eigenvalue weighted by atomic mass is 28.5. The van der Waals surface area contributed by atoms with Crippen molar-refractivity contribution in [2.75, 3.05) is 132 Å². The lowest BCUT2D eigenvalue weighted by molar-refractivity contribution is -0.0131. The van der Waals surface area contributed by atoms with Gasteiger partial charge in [-0.15, -0.1) is 0 Å². The van der Waals surface area contributed by atoms with E-state index >= 15 is 0 Å². The van der Waals surface area contributed by atoms with Crippen LogP contribution in [0, 0.1) is 0 Å². The van der Waals surface area contributed by atoms with Crippen LogP contribution in [0.1, 0.15) is 137 Å². The van der Waals surface area contributed by atoms with Gasteiger partial charge in [-0.1, -0.05) is 0 Å². The summed E-state index contributed by atoms with van der Waals surface area (Å²) in [5, 5.41) is 3.82. The Kier molecular flexibility index (Phi) is 35.9. The fourth-order valence-electron chi connectivity index (χ4n) is 9.11. The molecule has 0 aliphatic rings. The largest absolute Gasteiger partial charge is 0.516 e. The monoisotopic (exact) mass is 1070 g/mol. The van der Waals surface area contributed by atoms with Crippen LogP contribution in [0.5, 0.6) is 0 Å². The molecule has 0 aromatic carbocycles. The van der Waals surface area contributed by atoms with E-state index in [1.54, 1.807) is 0 Å². The van der Waals surface area contributed by atoms with Crippen molar-refractivity contribution in [1.29, 1.82) is 0 Å². The molecular formula is C42H99NO18Si6. The Balaban J connectivity index is 9.19. The van der Waals surface area contributed by atoms with E-state index in [0.29, 0.717) is 0 Å². The predicted octanol–water partition coefficient (Wildman–Crippen LogP) is 7.28. The molecule has 0 bridgehead atoms. The zero-order chi connectivity index (χ0) is 51.0. The molecule has 0 saturated carbocycles. The van der Waals surface area contributed by atoms with Gasteiger partial charge in [-0.2, -0.15) is 0 Å². The lowest BCUT2D eigenvalue weighted by Gasteiger charge is -2.56. The average molecular weight is 1070 g/mol. The maximum absolute atomic E-state index is 6.98. The Bertz CT molecular complexity index is 907. The molecule has 0 heterocycles. The van der Waals surface area contributed by atoms with Gasteiger partial charge in [-0.05, 0) is 151 Å². The van der Waals surface area contributed by atoms with E-state index in [1.807, 2.05) is 125 Å². The van der Waals surface area contributed by atoms with Crippen LogP contribution >= 0.6 is 0 Å². The molecule has 19 nitrogen and oxygen atoms in total. The van der Waals surface area contributed by atoms with Crippen LogP contribution in [0.25, 0.3) is 0 Å². The van der Waals surface area contributed by atoms with E-state index in [4.69, 9.17) is 79.7 Å². The average Bonchev–Trinajstić information content (AvgIpc) is 3.27. The third kappa shape index (κ3) is 14.9. The van der Waals surface area contributed by atoms with E-state index in [9.17, 15) is 0 Å². The van der Waals surface area contributed by atoms with Gasteiger partial charge < -0.3 is 85.0 Å². The summed E-state index contributed by atoms with van der Waals surface area (Å²) in [6.45, 7) is 39.4. The zero-order valence-corrected chi connectivity index (χ0v) is 51.4. The van der Waals surface area contributed by atoms with Gasteiger partial charge in [0.1, 0.15) is 0 Å². The van der Waals surface area contributed by atoms with Gasteiger partial charge in [0.25, 0.3) is 0 Å². The van der Waals surface area contributed by atoms with Gasteiger partial charge in [-0.25, -0.2) is 0 Å². The second-order valence-corrected chi connectivity index (χ2v) is 34.2. The summed E-state index contributed by atoms with van der Waals surface area (Å²) < 4.78 is 123. The van der Waals surface area contributed by atoms with Gasteiger partial charge in [0.15, 0.2) is 8.57 Å². The number of hydrogen-bond donors (Lipinski definition) is 1. The standard InChI is InChI=1S/C42H99NO18Si6/c1-19-44-62(45-20-2,46-21-3)41(63(47-22-4,48-23-5)49-24-6,64(50-25-7,51-26-8)52-27-9)37-39-43-40-38-42(65(53-28-10,54-29-11)55-30-12,66(56-31-13,57-32-14)58-33-15)67(59-34-16,60-35-17)61-36-18/h43H,19-40H2,1-18H3. The van der Waals surface area contributed by atoms with E-state index in [1.165, 1.54) is 0 Å². The molecule has 0 aliphatic heterocycles. The summed E-state index contributed by atoms with van der Waals surface area (Å²) in [4.78, 5) is 0. The molecule has 67 heavy (non-hydrogen) atoms. The minimum Gasteiger partial charge on any atom is -0.373 e. The van der Waals surface area contributed by atoms with Crippen molar-refractivity contribution in [3.8, 4) is 0 Å². The Morgan fingerprint density at radius 2 is 0.313 bits per heavy atom. The molecule has 0 fully saturated rings. The number of rotatable bonds is 48. The minimum absolute atomic E-state index is 0.200. The highest BCUT2D eigenvalue weighted by molar-refractivity contribution is 7.03. The first-order valence-corrected chi connectivity index (χ1v) is 35.9. The first-order valence-electron chi connectivity index (χ1n) is 25.5. The van der Waals surface area contributed by atoms with Crippen LogP contribution < -0.4 is 5.32 Å².